The molecule has 1 unspecified atom stereocenters. The van der Waals surface area contributed by atoms with Gasteiger partial charge in [-0.1, -0.05) is 47.6 Å². The van der Waals surface area contributed by atoms with Gasteiger partial charge < -0.3 is 10.4 Å². The first-order valence-corrected chi connectivity index (χ1v) is 6.68. The highest BCUT2D eigenvalue weighted by atomic mass is 16.4. The zero-order valence-corrected chi connectivity index (χ0v) is 11.4. The minimum Gasteiger partial charge on any atom is -0.480 e. The Morgan fingerprint density at radius 2 is 2.05 bits per heavy atom. The second-order valence-electron chi connectivity index (χ2n) is 4.60. The number of fused-ring (bicyclic) bond motifs is 1. The van der Waals surface area contributed by atoms with Crippen LogP contribution in [0.2, 0.25) is 0 Å². The van der Waals surface area contributed by atoms with Gasteiger partial charge in [0, 0.05) is 11.5 Å². The van der Waals surface area contributed by atoms with Gasteiger partial charge in [0.05, 0.1) is 0 Å². The molecule has 2 rings (SSSR count). The Balaban J connectivity index is 2.20. The molecule has 0 saturated carbocycles. The lowest BCUT2D eigenvalue weighted by atomic mass is 9.98. The Labute approximate surface area is 122 Å². The van der Waals surface area contributed by atoms with Crippen molar-refractivity contribution in [3.63, 3.8) is 0 Å². The summed E-state index contributed by atoms with van der Waals surface area (Å²) in [5, 5.41) is 17.8. The number of hydrogen-bond acceptors (Lipinski definition) is 3. The van der Waals surface area contributed by atoms with Crippen molar-refractivity contribution in [2.45, 2.75) is 12.5 Å². The van der Waals surface area contributed by atoms with Crippen LogP contribution in [0.4, 0.5) is 0 Å². The molecule has 1 atom stereocenters. The largest absolute Gasteiger partial charge is 0.480 e. The number of carboxylic acid groups (broad SMARTS) is 1. The van der Waals surface area contributed by atoms with E-state index >= 15 is 0 Å². The minimum absolute atomic E-state index is 0.353. The van der Waals surface area contributed by atoms with Gasteiger partial charge in [0.15, 0.2) is 0 Å². The zero-order valence-electron chi connectivity index (χ0n) is 11.4. The molecule has 0 aliphatic rings. The molecule has 0 aliphatic carbocycles. The van der Waals surface area contributed by atoms with E-state index in [4.69, 9.17) is 5.53 Å². The maximum Gasteiger partial charge on any atom is 0.325 e. The predicted molar refractivity (Wildman–Crippen MR) is 81.0 cm³/mol. The van der Waals surface area contributed by atoms with E-state index in [-0.39, 0.29) is 0 Å². The summed E-state index contributed by atoms with van der Waals surface area (Å²) in [4.78, 5) is 14.2. The molecule has 2 aromatic rings. The number of azide groups is 1. The van der Waals surface area contributed by atoms with Crippen molar-refractivity contribution < 1.29 is 9.90 Å². The van der Waals surface area contributed by atoms with Crippen LogP contribution < -0.4 is 5.32 Å². The van der Waals surface area contributed by atoms with Gasteiger partial charge in [-0.05, 0) is 34.8 Å². The van der Waals surface area contributed by atoms with E-state index in [1.54, 1.807) is 0 Å². The molecular formula is C15H16N4O2. The van der Waals surface area contributed by atoms with Crippen LogP contribution in [0.3, 0.4) is 0 Å². The van der Waals surface area contributed by atoms with Gasteiger partial charge in [0.25, 0.3) is 0 Å². The molecule has 21 heavy (non-hydrogen) atoms. The Morgan fingerprint density at radius 1 is 1.29 bits per heavy atom. The van der Waals surface area contributed by atoms with Crippen molar-refractivity contribution in [2.24, 2.45) is 5.11 Å². The van der Waals surface area contributed by atoms with Crippen LogP contribution in [-0.4, -0.2) is 24.2 Å². The average molecular weight is 284 g/mol. The van der Waals surface area contributed by atoms with E-state index in [1.165, 1.54) is 0 Å². The number of rotatable bonds is 7. The van der Waals surface area contributed by atoms with Crippen molar-refractivity contribution in [1.29, 1.82) is 0 Å². The molecule has 0 bridgehead atoms. The molecule has 6 nitrogen and oxygen atoms in total. The number of carbonyl (C=O) groups is 1. The maximum atomic E-state index is 11.5. The molecule has 0 aromatic heterocycles. The molecule has 2 N–H and O–H groups in total. The van der Waals surface area contributed by atoms with Crippen molar-refractivity contribution in [3.05, 3.63) is 58.5 Å². The predicted octanol–water partition coefficient (Wildman–Crippen LogP) is 3.26. The van der Waals surface area contributed by atoms with Crippen LogP contribution in [0.25, 0.3) is 21.2 Å². The SMILES string of the molecule is [N-]=[N+]=NCCCNC(C(=O)O)c1cccc2ccccc12. The Kier molecular flexibility index (Phi) is 5.15. The molecule has 0 aliphatic heterocycles. The standard InChI is InChI=1S/C15H16N4O2/c16-19-18-10-4-9-17-14(15(20)21)13-8-3-6-11-5-1-2-7-12(11)13/h1-3,5-8,14,17H,4,9-10H2,(H,20,21). The van der Waals surface area contributed by atoms with Gasteiger partial charge in [0.1, 0.15) is 6.04 Å². The Bertz CT molecular complexity index is 675. The molecular weight excluding hydrogens is 268 g/mol. The van der Waals surface area contributed by atoms with Gasteiger partial charge in [-0.3, -0.25) is 4.79 Å². The molecule has 0 fully saturated rings. The normalized spacial score (nSPS) is 11.8. The van der Waals surface area contributed by atoms with Gasteiger partial charge in [-0.25, -0.2) is 0 Å². The smallest absolute Gasteiger partial charge is 0.325 e. The van der Waals surface area contributed by atoms with Crippen LogP contribution in [0.15, 0.2) is 47.6 Å². The Morgan fingerprint density at radius 3 is 2.81 bits per heavy atom. The second kappa shape index (κ2) is 7.28. The highest BCUT2D eigenvalue weighted by molar-refractivity contribution is 5.90. The van der Waals surface area contributed by atoms with Gasteiger partial charge in [-0.2, -0.15) is 0 Å². The fourth-order valence-corrected chi connectivity index (χ4v) is 2.27. The number of nitrogens with one attached hydrogen (secondary N) is 1. The number of aliphatic carboxylic acids is 1. The number of benzene rings is 2. The zero-order chi connectivity index (χ0) is 15.1. The van der Waals surface area contributed by atoms with Gasteiger partial charge in [-0.15, -0.1) is 0 Å². The van der Waals surface area contributed by atoms with Gasteiger partial charge >= 0.3 is 5.97 Å². The number of nitrogens with zero attached hydrogens (tertiary/aromatic N) is 3. The lowest BCUT2D eigenvalue weighted by Crippen LogP contribution is -2.29. The lowest BCUT2D eigenvalue weighted by Gasteiger charge is -2.16. The van der Waals surface area contributed by atoms with E-state index in [0.717, 1.165) is 16.3 Å². The molecule has 2 aromatic carbocycles. The van der Waals surface area contributed by atoms with Crippen LogP contribution in [0, 0.1) is 0 Å². The summed E-state index contributed by atoms with van der Waals surface area (Å²) in [5.41, 5.74) is 8.94. The van der Waals surface area contributed by atoms with E-state index in [2.05, 4.69) is 15.3 Å². The van der Waals surface area contributed by atoms with Crippen LogP contribution in [0.1, 0.15) is 18.0 Å². The third kappa shape index (κ3) is 3.72. The first kappa shape index (κ1) is 14.8. The van der Waals surface area contributed by atoms with Crippen molar-refractivity contribution in [3.8, 4) is 0 Å². The summed E-state index contributed by atoms with van der Waals surface area (Å²) < 4.78 is 0. The van der Waals surface area contributed by atoms with Crippen molar-refractivity contribution in [1.82, 2.24) is 5.32 Å². The van der Waals surface area contributed by atoms with Crippen LogP contribution >= 0.6 is 0 Å². The molecule has 0 spiro atoms. The van der Waals surface area contributed by atoms with Crippen molar-refractivity contribution >= 4 is 16.7 Å². The number of hydrogen-bond donors (Lipinski definition) is 2. The van der Waals surface area contributed by atoms with Crippen LogP contribution in [-0.2, 0) is 4.79 Å². The van der Waals surface area contributed by atoms with E-state index in [1.807, 2.05) is 42.5 Å². The molecule has 6 heteroatoms. The summed E-state index contributed by atoms with van der Waals surface area (Å²) in [6, 6.07) is 12.6. The molecule has 108 valence electrons. The lowest BCUT2D eigenvalue weighted by molar-refractivity contribution is -0.139. The highest BCUT2D eigenvalue weighted by Crippen LogP contribution is 2.24. The first-order valence-electron chi connectivity index (χ1n) is 6.68. The molecule has 0 saturated heterocycles. The maximum absolute atomic E-state index is 11.5. The third-order valence-electron chi connectivity index (χ3n) is 3.23. The minimum atomic E-state index is -0.921. The summed E-state index contributed by atoms with van der Waals surface area (Å²) >= 11 is 0. The Hall–Kier alpha value is -2.56. The number of carboxylic acids is 1. The van der Waals surface area contributed by atoms with E-state index < -0.39 is 12.0 Å². The van der Waals surface area contributed by atoms with Gasteiger partial charge in [0.2, 0.25) is 0 Å². The molecule has 0 heterocycles. The summed E-state index contributed by atoms with van der Waals surface area (Å²) in [5.74, 6) is -0.921. The fraction of sp³-hybridized carbons (Fsp3) is 0.267. The fourth-order valence-electron chi connectivity index (χ4n) is 2.27. The van der Waals surface area contributed by atoms with E-state index in [0.29, 0.717) is 19.5 Å². The summed E-state index contributed by atoms with van der Waals surface area (Å²) in [7, 11) is 0. The highest BCUT2D eigenvalue weighted by Gasteiger charge is 2.20. The van der Waals surface area contributed by atoms with Crippen LogP contribution in [0.5, 0.6) is 0 Å². The third-order valence-corrected chi connectivity index (χ3v) is 3.23. The topological polar surface area (TPSA) is 98.1 Å². The first-order chi connectivity index (χ1) is 10.2. The summed E-state index contributed by atoms with van der Waals surface area (Å²) in [6.07, 6.45) is 0.596. The summed E-state index contributed by atoms with van der Waals surface area (Å²) in [6.45, 7) is 0.824. The second-order valence-corrected chi connectivity index (χ2v) is 4.60. The monoisotopic (exact) mass is 284 g/mol. The van der Waals surface area contributed by atoms with E-state index in [9.17, 15) is 9.90 Å². The molecule has 0 amide bonds. The average Bonchev–Trinajstić information content (AvgIpc) is 2.50. The van der Waals surface area contributed by atoms with Crippen molar-refractivity contribution in [2.75, 3.05) is 13.1 Å². The molecule has 0 radical (unpaired) electrons. The quantitative estimate of drug-likeness (QED) is 0.353.